The maximum absolute atomic E-state index is 6.27. The van der Waals surface area contributed by atoms with Gasteiger partial charge >= 0.3 is 0 Å². The van der Waals surface area contributed by atoms with Crippen molar-refractivity contribution < 1.29 is 4.74 Å². The van der Waals surface area contributed by atoms with Crippen LogP contribution in [-0.2, 0) is 0 Å². The second-order valence-electron chi connectivity index (χ2n) is 4.93. The predicted octanol–water partition coefficient (Wildman–Crippen LogP) is 4.78. The first-order valence-corrected chi connectivity index (χ1v) is 7.34. The summed E-state index contributed by atoms with van der Waals surface area (Å²) in [7, 11) is 0. The Morgan fingerprint density at radius 2 is 1.95 bits per heavy atom. The Morgan fingerprint density at radius 3 is 2.80 bits per heavy atom. The third kappa shape index (κ3) is 2.51. The second-order valence-corrected chi connectivity index (χ2v) is 5.72. The normalized spacial score (nSPS) is 18.4. The fourth-order valence-electron chi connectivity index (χ4n) is 2.55. The van der Waals surface area contributed by atoms with Crippen molar-refractivity contribution in [2.24, 2.45) is 0 Å². The topological polar surface area (TPSA) is 21.3 Å². The van der Waals surface area contributed by atoms with Gasteiger partial charge in [-0.1, -0.05) is 53.5 Å². The predicted molar refractivity (Wildman–Crippen MR) is 82.7 cm³/mol. The number of nitrogens with one attached hydrogen (secondary N) is 1. The van der Waals surface area contributed by atoms with Crippen LogP contribution in [0.25, 0.3) is 0 Å². The molecule has 20 heavy (non-hydrogen) atoms. The second kappa shape index (κ2) is 5.65. The summed E-state index contributed by atoms with van der Waals surface area (Å²) >= 11 is 12.3. The van der Waals surface area contributed by atoms with E-state index in [0.717, 1.165) is 11.3 Å². The molecule has 2 unspecified atom stereocenters. The Balaban J connectivity index is 1.81. The summed E-state index contributed by atoms with van der Waals surface area (Å²) in [6, 6.07) is 14.1. The molecule has 0 aliphatic carbocycles. The van der Waals surface area contributed by atoms with Crippen molar-refractivity contribution in [1.82, 2.24) is 5.32 Å². The van der Waals surface area contributed by atoms with E-state index in [0.29, 0.717) is 16.7 Å². The average molecular weight is 308 g/mol. The summed E-state index contributed by atoms with van der Waals surface area (Å²) in [5.41, 5.74) is 2.20. The molecular weight excluding hydrogens is 293 g/mol. The molecule has 3 rings (SSSR count). The first kappa shape index (κ1) is 13.7. The first-order valence-electron chi connectivity index (χ1n) is 6.58. The standard InChI is InChI=1S/C16H15Cl2NO/c1-10(11-6-4-7-13(17)16(11)18)19-14-9-20-15-8-3-2-5-12(14)15/h2-8,10,14,19H,9H2,1H3. The van der Waals surface area contributed by atoms with Crippen molar-refractivity contribution in [1.29, 1.82) is 0 Å². The van der Waals surface area contributed by atoms with E-state index in [1.54, 1.807) is 6.07 Å². The molecule has 0 fully saturated rings. The SMILES string of the molecule is CC(NC1COc2ccccc21)c1cccc(Cl)c1Cl. The van der Waals surface area contributed by atoms with Crippen molar-refractivity contribution in [2.75, 3.05) is 6.61 Å². The smallest absolute Gasteiger partial charge is 0.124 e. The van der Waals surface area contributed by atoms with Gasteiger partial charge in [0.15, 0.2) is 0 Å². The Hall–Kier alpha value is -1.22. The molecule has 4 heteroatoms. The molecule has 2 aromatic rings. The van der Waals surface area contributed by atoms with Crippen LogP contribution in [0.15, 0.2) is 42.5 Å². The lowest BCUT2D eigenvalue weighted by atomic mass is 10.0. The maximum Gasteiger partial charge on any atom is 0.124 e. The number of ether oxygens (including phenoxy) is 1. The van der Waals surface area contributed by atoms with E-state index in [9.17, 15) is 0 Å². The van der Waals surface area contributed by atoms with Crippen LogP contribution in [0.5, 0.6) is 5.75 Å². The minimum absolute atomic E-state index is 0.0981. The van der Waals surface area contributed by atoms with Crippen LogP contribution < -0.4 is 10.1 Å². The fourth-order valence-corrected chi connectivity index (χ4v) is 3.02. The number of benzene rings is 2. The van der Waals surface area contributed by atoms with Crippen molar-refractivity contribution in [3.8, 4) is 5.75 Å². The third-order valence-corrected chi connectivity index (χ3v) is 4.43. The van der Waals surface area contributed by atoms with E-state index in [2.05, 4.69) is 18.3 Å². The molecule has 1 aliphatic heterocycles. The zero-order chi connectivity index (χ0) is 14.1. The Kier molecular flexibility index (Phi) is 3.88. The summed E-state index contributed by atoms with van der Waals surface area (Å²) in [5, 5.41) is 4.75. The van der Waals surface area contributed by atoms with E-state index in [-0.39, 0.29) is 12.1 Å². The van der Waals surface area contributed by atoms with Gasteiger partial charge in [0, 0.05) is 11.6 Å². The van der Waals surface area contributed by atoms with Crippen LogP contribution in [0, 0.1) is 0 Å². The number of hydrogen-bond acceptors (Lipinski definition) is 2. The van der Waals surface area contributed by atoms with Gasteiger partial charge in [-0.25, -0.2) is 0 Å². The fraction of sp³-hybridized carbons (Fsp3) is 0.250. The van der Waals surface area contributed by atoms with Crippen molar-refractivity contribution in [2.45, 2.75) is 19.0 Å². The van der Waals surface area contributed by atoms with Crippen LogP contribution in [0.1, 0.15) is 30.1 Å². The molecule has 1 N–H and O–H groups in total. The largest absolute Gasteiger partial charge is 0.491 e. The summed E-state index contributed by atoms with van der Waals surface area (Å²) in [5.74, 6) is 0.953. The minimum atomic E-state index is 0.0981. The van der Waals surface area contributed by atoms with E-state index < -0.39 is 0 Å². The van der Waals surface area contributed by atoms with Gasteiger partial charge in [0.25, 0.3) is 0 Å². The molecule has 0 spiro atoms. The monoisotopic (exact) mass is 307 g/mol. The van der Waals surface area contributed by atoms with Gasteiger partial charge in [0.2, 0.25) is 0 Å². The van der Waals surface area contributed by atoms with Crippen LogP contribution in [0.4, 0.5) is 0 Å². The van der Waals surface area contributed by atoms with Gasteiger partial charge in [-0.05, 0) is 24.6 Å². The van der Waals surface area contributed by atoms with E-state index >= 15 is 0 Å². The molecule has 1 heterocycles. The van der Waals surface area contributed by atoms with Crippen molar-refractivity contribution in [3.63, 3.8) is 0 Å². The molecule has 104 valence electrons. The highest BCUT2D eigenvalue weighted by Gasteiger charge is 2.25. The van der Waals surface area contributed by atoms with Crippen LogP contribution in [0.2, 0.25) is 10.0 Å². The van der Waals surface area contributed by atoms with Gasteiger partial charge in [0.1, 0.15) is 12.4 Å². The lowest BCUT2D eigenvalue weighted by Crippen LogP contribution is -2.25. The highest BCUT2D eigenvalue weighted by molar-refractivity contribution is 6.42. The van der Waals surface area contributed by atoms with Gasteiger partial charge in [-0.3, -0.25) is 0 Å². The average Bonchev–Trinajstić information content (AvgIpc) is 2.85. The quantitative estimate of drug-likeness (QED) is 0.881. The van der Waals surface area contributed by atoms with Gasteiger partial charge < -0.3 is 10.1 Å². The number of fused-ring (bicyclic) bond motifs is 1. The van der Waals surface area contributed by atoms with Crippen LogP contribution in [-0.4, -0.2) is 6.61 Å². The third-order valence-electron chi connectivity index (χ3n) is 3.60. The summed E-state index contributed by atoms with van der Waals surface area (Å²) in [6.45, 7) is 2.72. The van der Waals surface area contributed by atoms with Crippen molar-refractivity contribution in [3.05, 3.63) is 63.6 Å². The van der Waals surface area contributed by atoms with Gasteiger partial charge in [-0.2, -0.15) is 0 Å². The molecule has 2 atom stereocenters. The molecule has 0 saturated heterocycles. The lowest BCUT2D eigenvalue weighted by Gasteiger charge is -2.20. The number of hydrogen-bond donors (Lipinski definition) is 1. The molecule has 0 saturated carbocycles. The van der Waals surface area contributed by atoms with Crippen LogP contribution in [0.3, 0.4) is 0 Å². The summed E-state index contributed by atoms with van der Waals surface area (Å²) in [4.78, 5) is 0. The molecule has 1 aliphatic rings. The Bertz CT molecular complexity index is 630. The Labute approximate surface area is 128 Å². The molecule has 0 amide bonds. The molecule has 0 bridgehead atoms. The highest BCUT2D eigenvalue weighted by atomic mass is 35.5. The van der Waals surface area contributed by atoms with E-state index in [4.69, 9.17) is 27.9 Å². The zero-order valence-electron chi connectivity index (χ0n) is 11.1. The van der Waals surface area contributed by atoms with E-state index in [1.807, 2.05) is 30.3 Å². The molecule has 0 radical (unpaired) electrons. The van der Waals surface area contributed by atoms with Crippen molar-refractivity contribution >= 4 is 23.2 Å². The molecule has 2 nitrogen and oxygen atoms in total. The molecular formula is C16H15Cl2NO. The Morgan fingerprint density at radius 1 is 1.15 bits per heavy atom. The summed E-state index contributed by atoms with van der Waals surface area (Å²) in [6.07, 6.45) is 0. The van der Waals surface area contributed by atoms with E-state index in [1.165, 1.54) is 5.56 Å². The molecule has 0 aromatic heterocycles. The molecule has 2 aromatic carbocycles. The number of para-hydroxylation sites is 1. The van der Waals surface area contributed by atoms with Crippen LogP contribution >= 0.6 is 23.2 Å². The number of rotatable bonds is 3. The number of halogens is 2. The van der Waals surface area contributed by atoms with Gasteiger partial charge in [0.05, 0.1) is 16.1 Å². The maximum atomic E-state index is 6.27. The zero-order valence-corrected chi connectivity index (χ0v) is 12.6. The summed E-state index contributed by atoms with van der Waals surface area (Å²) < 4.78 is 5.68. The van der Waals surface area contributed by atoms with Gasteiger partial charge in [-0.15, -0.1) is 0 Å². The highest BCUT2D eigenvalue weighted by Crippen LogP contribution is 2.35. The lowest BCUT2D eigenvalue weighted by molar-refractivity contribution is 0.301. The first-order chi connectivity index (χ1) is 9.66. The minimum Gasteiger partial charge on any atom is -0.491 e.